The number of aryl methyl sites for hydroxylation is 2. The van der Waals surface area contributed by atoms with Gasteiger partial charge in [-0.15, -0.1) is 23.5 Å². The van der Waals surface area contributed by atoms with E-state index in [0.717, 1.165) is 87.7 Å². The molecule has 2 rings (SSSR count). The molecule has 0 radical (unpaired) electrons. The van der Waals surface area contributed by atoms with E-state index in [0.29, 0.717) is 99.0 Å². The molecule has 0 aliphatic carbocycles. The Kier molecular flexibility index (Phi) is 67.9. The second kappa shape index (κ2) is 63.0. The van der Waals surface area contributed by atoms with Crippen molar-refractivity contribution in [1.82, 2.24) is 31.6 Å². The van der Waals surface area contributed by atoms with Crippen molar-refractivity contribution in [3.05, 3.63) is 65.1 Å². The lowest BCUT2D eigenvalue weighted by atomic mass is 10.0. The highest BCUT2D eigenvalue weighted by Crippen LogP contribution is 2.29. The highest BCUT2D eigenvalue weighted by Gasteiger charge is 2.25. The SMILES string of the molecule is C=C(N)NC(=O)c1c(CCc2ccc(C(=O)NCCCC=O)cc2)c[nH]c1N.CC.CC(C)CCO.CCC=O.CCCC(SCC(C=O)NC)SCC(NC(C)(C)C)C(=O)NCCOCCOC.CCCCC=O.CO.O=CO. The molecule has 3 unspecified atom stereocenters. The summed E-state index contributed by atoms with van der Waals surface area (Å²) in [6, 6.07) is 6.83. The third kappa shape index (κ3) is 56.1. The summed E-state index contributed by atoms with van der Waals surface area (Å²) in [5, 5.41) is 36.8. The van der Waals surface area contributed by atoms with Crippen molar-refractivity contribution in [2.24, 2.45) is 11.7 Å². The molecule has 21 nitrogen and oxygen atoms in total. The quantitative estimate of drug-likeness (QED) is 0.0203. The maximum absolute atomic E-state index is 12.7. The van der Waals surface area contributed by atoms with E-state index >= 15 is 0 Å². The number of benzene rings is 1. The number of aliphatic hydroxyl groups is 2. The van der Waals surface area contributed by atoms with Gasteiger partial charge in [-0.05, 0) is 95.5 Å². The van der Waals surface area contributed by atoms with Crippen LogP contribution in [0.25, 0.3) is 0 Å². The van der Waals surface area contributed by atoms with E-state index in [1.807, 2.05) is 32.9 Å². The predicted octanol–water partition coefficient (Wildman–Crippen LogP) is 6.48. The minimum atomic E-state index is -0.400. The maximum atomic E-state index is 12.7. The van der Waals surface area contributed by atoms with Crippen molar-refractivity contribution in [3.8, 4) is 0 Å². The summed E-state index contributed by atoms with van der Waals surface area (Å²) in [6.07, 6.45) is 14.2. The molecule has 3 amide bonds. The number of carbonyl (C=O) groups is 8. The van der Waals surface area contributed by atoms with Crippen LogP contribution in [0.4, 0.5) is 5.82 Å². The molecule has 1 heterocycles. The van der Waals surface area contributed by atoms with E-state index in [9.17, 15) is 33.6 Å². The standard InChI is InChI=1S/C20H25N5O3.C20H41N3O4S2.C5H12O.C5H10O.C3H6O.C2H6.CH2O2.CH4O/c1-13(21)25-20(28)17-16(12-24-18(17)22)9-6-14-4-7-15(8-5-14)19(27)23-10-2-3-11-26;1-7-8-18(28-14-16(13-24)21-5)29-15-17(23-20(2,3)4)19(25)22-9-10-27-12-11-26-6;1-5(2)3-4-6;1-2-3-4-5-6;1-2-3-4;1-2;2-1-3;1-2/h4-5,7-8,11-12,24H,1-3,6,9-10,21-22H2,(H,23,27)(H,25,28);13,16-18,21,23H,7-12,14-15H2,1-6H3,(H,22,25);5-6H,3-4H2,1-2H3;5H,2-4H2,1H3;3H,2H2,1H3;1-2H3;1H,(H,2,3);2H,1H3. The summed E-state index contributed by atoms with van der Waals surface area (Å²) in [7, 11) is 4.43. The van der Waals surface area contributed by atoms with Gasteiger partial charge < -0.3 is 87.0 Å². The summed E-state index contributed by atoms with van der Waals surface area (Å²) in [5.41, 5.74) is 13.8. The Morgan fingerprint density at radius 1 is 0.825 bits per heavy atom. The molecule has 2 aromatic rings. The first-order valence-electron chi connectivity index (χ1n) is 27.2. The number of hydrogen-bond donors (Lipinski definition) is 11. The molecule has 0 aliphatic heterocycles. The Labute approximate surface area is 488 Å². The second-order valence-electron chi connectivity index (χ2n) is 18.0. The summed E-state index contributed by atoms with van der Waals surface area (Å²) in [5.74, 6) is 1.81. The number of nitrogens with one attached hydrogen (secondary N) is 6. The van der Waals surface area contributed by atoms with Crippen LogP contribution < -0.4 is 38.1 Å². The third-order valence-electron chi connectivity index (χ3n) is 9.60. The number of nitrogen functional groups attached to an aromatic ring is 1. The number of H-pyrrole nitrogens is 1. The lowest BCUT2D eigenvalue weighted by Crippen LogP contribution is -2.53. The zero-order valence-corrected chi connectivity index (χ0v) is 52.3. The number of methoxy groups -OCH3 is 1. The number of likely N-dealkylation sites (N-methyl/N-ethyl adjacent to an activating group) is 1. The minimum absolute atomic E-state index is 0.0102. The first-order chi connectivity index (χ1) is 38.2. The van der Waals surface area contributed by atoms with E-state index < -0.39 is 5.91 Å². The van der Waals surface area contributed by atoms with Crippen LogP contribution in [0.5, 0.6) is 0 Å². The molecule has 23 heteroatoms. The zero-order chi connectivity index (χ0) is 62.6. The number of aldehydes is 4. The van der Waals surface area contributed by atoms with Crippen LogP contribution in [0, 0.1) is 5.92 Å². The molecule has 0 saturated carbocycles. The van der Waals surface area contributed by atoms with Gasteiger partial charge in [-0.25, -0.2) is 0 Å². The summed E-state index contributed by atoms with van der Waals surface area (Å²) < 4.78 is 10.7. The Morgan fingerprint density at radius 3 is 1.84 bits per heavy atom. The molecule has 0 spiro atoms. The molecule has 0 saturated heterocycles. The number of carbonyl (C=O) groups excluding carboxylic acids is 7. The lowest BCUT2D eigenvalue weighted by Gasteiger charge is -2.29. The second-order valence-corrected chi connectivity index (χ2v) is 20.8. The van der Waals surface area contributed by atoms with Crippen LogP contribution in [0.15, 0.2) is 42.9 Å². The normalized spacial score (nSPS) is 11.0. The Morgan fingerprint density at radius 2 is 1.40 bits per heavy atom. The minimum Gasteiger partial charge on any atom is -0.483 e. The summed E-state index contributed by atoms with van der Waals surface area (Å²) in [6.45, 7) is 26.4. The maximum Gasteiger partial charge on any atom is 0.290 e. The first kappa shape index (κ1) is 86.1. The molecule has 1 aromatic heterocycles. The number of aliphatic hydroxyl groups excluding tert-OH is 2. The molecule has 3 atom stereocenters. The summed E-state index contributed by atoms with van der Waals surface area (Å²) >= 11 is 3.57. The average molecular weight is 1180 g/mol. The van der Waals surface area contributed by atoms with Crippen molar-refractivity contribution in [3.63, 3.8) is 0 Å². The number of hydrogen-bond acceptors (Lipinski definition) is 18. The van der Waals surface area contributed by atoms with Gasteiger partial charge >= 0.3 is 0 Å². The molecular formula is C57H106N8O13S2. The molecule has 13 N–H and O–H groups in total. The average Bonchev–Trinajstić information content (AvgIpc) is 3.82. The molecule has 80 heavy (non-hydrogen) atoms. The highest BCUT2D eigenvalue weighted by molar-refractivity contribution is 8.17. The molecule has 464 valence electrons. The number of aromatic nitrogens is 1. The lowest BCUT2D eigenvalue weighted by molar-refractivity contribution is -0.124. The Balaban J connectivity index is -0.000000247. The molecule has 0 bridgehead atoms. The Hall–Kier alpha value is -5.14. The van der Waals surface area contributed by atoms with Gasteiger partial charge in [0.2, 0.25) is 5.91 Å². The van der Waals surface area contributed by atoms with E-state index in [4.69, 9.17) is 41.1 Å². The van der Waals surface area contributed by atoms with E-state index in [-0.39, 0.29) is 47.5 Å². The number of ether oxygens (including phenoxy) is 2. The van der Waals surface area contributed by atoms with E-state index in [2.05, 4.69) is 86.6 Å². The fourth-order valence-corrected chi connectivity index (χ4v) is 8.64. The molecule has 0 aliphatic rings. The van der Waals surface area contributed by atoms with Crippen LogP contribution in [-0.2, 0) is 51.1 Å². The number of unbranched alkanes of at least 4 members (excludes halogenated alkanes) is 3. The van der Waals surface area contributed by atoms with Crippen LogP contribution in [0.1, 0.15) is 159 Å². The zero-order valence-electron chi connectivity index (χ0n) is 50.6. The Bertz CT molecular complexity index is 1820. The monoisotopic (exact) mass is 1170 g/mol. The van der Waals surface area contributed by atoms with Crippen molar-refractivity contribution < 1.29 is 63.1 Å². The van der Waals surface area contributed by atoms with Crippen LogP contribution in [0.3, 0.4) is 0 Å². The number of anilines is 1. The fraction of sp³-hybridized carbons (Fsp3) is 0.649. The first-order valence-corrected chi connectivity index (χ1v) is 29.3. The topological polar surface area (TPSA) is 344 Å². The van der Waals surface area contributed by atoms with Crippen molar-refractivity contribution in [1.29, 1.82) is 0 Å². The summed E-state index contributed by atoms with van der Waals surface area (Å²) in [4.78, 5) is 88.2. The predicted molar refractivity (Wildman–Crippen MR) is 329 cm³/mol. The van der Waals surface area contributed by atoms with Crippen LogP contribution in [-0.4, -0.2) is 164 Å². The number of aromatic amines is 1. The van der Waals surface area contributed by atoms with Crippen LogP contribution >= 0.6 is 23.5 Å². The van der Waals surface area contributed by atoms with Crippen molar-refractivity contribution >= 4 is 78.7 Å². The van der Waals surface area contributed by atoms with Crippen LogP contribution in [0.2, 0.25) is 0 Å². The number of carboxylic acid groups (broad SMARTS) is 1. The van der Waals surface area contributed by atoms with Gasteiger partial charge in [0.25, 0.3) is 18.3 Å². The smallest absolute Gasteiger partial charge is 0.290 e. The van der Waals surface area contributed by atoms with Gasteiger partial charge in [-0.3, -0.25) is 19.2 Å². The number of thioether (sulfide) groups is 2. The van der Waals surface area contributed by atoms with Crippen molar-refractivity contribution in [2.75, 3.05) is 78.0 Å². The van der Waals surface area contributed by atoms with E-state index in [1.54, 1.807) is 56.0 Å². The number of rotatable bonds is 34. The van der Waals surface area contributed by atoms with Crippen molar-refractivity contribution in [2.45, 2.75) is 162 Å². The van der Waals surface area contributed by atoms with Gasteiger partial charge in [0.1, 0.15) is 31.0 Å². The highest BCUT2D eigenvalue weighted by atomic mass is 32.2. The van der Waals surface area contributed by atoms with Gasteiger partial charge in [0.15, 0.2) is 0 Å². The third-order valence-corrected chi connectivity index (χ3v) is 12.7. The number of nitrogens with two attached hydrogens (primary N) is 2. The van der Waals surface area contributed by atoms with E-state index in [1.165, 1.54) is 0 Å². The van der Waals surface area contributed by atoms with Gasteiger partial charge in [-0.2, -0.15) is 0 Å². The molecular weight excluding hydrogens is 1070 g/mol. The number of amides is 3. The molecule has 0 fully saturated rings. The van der Waals surface area contributed by atoms with Gasteiger partial charge in [-0.1, -0.05) is 80.0 Å². The molecule has 1 aromatic carbocycles. The van der Waals surface area contributed by atoms with Gasteiger partial charge in [0, 0.05) is 82.0 Å². The van der Waals surface area contributed by atoms with Gasteiger partial charge in [0.05, 0.1) is 47.9 Å². The largest absolute Gasteiger partial charge is 0.483 e. The fourth-order valence-electron chi connectivity index (χ4n) is 5.67.